The topological polar surface area (TPSA) is 72.5 Å². The van der Waals surface area contributed by atoms with Crippen molar-refractivity contribution < 1.29 is 14.3 Å². The van der Waals surface area contributed by atoms with Gasteiger partial charge >= 0.3 is 0 Å². The summed E-state index contributed by atoms with van der Waals surface area (Å²) < 4.78 is 10.5. The van der Waals surface area contributed by atoms with Gasteiger partial charge in [-0.1, -0.05) is 24.3 Å². The highest BCUT2D eigenvalue weighted by Crippen LogP contribution is 2.27. The van der Waals surface area contributed by atoms with Crippen LogP contribution in [0.15, 0.2) is 66.9 Å². The molecule has 0 saturated carbocycles. The Labute approximate surface area is 158 Å². The normalized spacial score (nSPS) is 10.1. The van der Waals surface area contributed by atoms with E-state index in [9.17, 15) is 4.79 Å². The minimum atomic E-state index is -0.194. The average Bonchev–Trinajstić information content (AvgIpc) is 2.73. The molecular formula is C21H21N3O3. The lowest BCUT2D eigenvalue weighted by molar-refractivity contribution is 0.102. The van der Waals surface area contributed by atoms with Crippen LogP contribution in [0, 0.1) is 0 Å². The molecule has 6 heteroatoms. The van der Waals surface area contributed by atoms with Gasteiger partial charge in [-0.25, -0.2) is 4.98 Å². The Balaban J connectivity index is 1.60. The molecule has 0 radical (unpaired) electrons. The molecule has 0 aliphatic rings. The molecule has 0 spiro atoms. The molecule has 27 heavy (non-hydrogen) atoms. The van der Waals surface area contributed by atoms with Crippen molar-refractivity contribution in [1.82, 2.24) is 4.98 Å². The monoisotopic (exact) mass is 363 g/mol. The summed E-state index contributed by atoms with van der Waals surface area (Å²) in [6.45, 7) is 0.572. The summed E-state index contributed by atoms with van der Waals surface area (Å²) in [7, 11) is 3.21. The fourth-order valence-corrected chi connectivity index (χ4v) is 2.54. The number of anilines is 2. The van der Waals surface area contributed by atoms with E-state index in [1.54, 1.807) is 32.5 Å². The molecule has 2 N–H and O–H groups in total. The SMILES string of the molecule is COc1ccc(CNc2ccc(C(=O)Nc3ccccc3)cn2)cc1OC. The maximum atomic E-state index is 12.2. The number of ether oxygens (including phenoxy) is 2. The Hall–Kier alpha value is -3.54. The summed E-state index contributed by atoms with van der Waals surface area (Å²) in [5.41, 5.74) is 2.27. The van der Waals surface area contributed by atoms with Crippen molar-refractivity contribution >= 4 is 17.4 Å². The number of carbonyl (C=O) groups is 1. The number of hydrogen-bond acceptors (Lipinski definition) is 5. The van der Waals surface area contributed by atoms with E-state index < -0.39 is 0 Å². The smallest absolute Gasteiger partial charge is 0.257 e. The van der Waals surface area contributed by atoms with Crippen molar-refractivity contribution in [2.45, 2.75) is 6.54 Å². The van der Waals surface area contributed by atoms with E-state index in [0.29, 0.717) is 29.4 Å². The van der Waals surface area contributed by atoms with Gasteiger partial charge < -0.3 is 20.1 Å². The summed E-state index contributed by atoms with van der Waals surface area (Å²) in [5.74, 6) is 1.85. The first-order chi connectivity index (χ1) is 13.2. The van der Waals surface area contributed by atoms with Gasteiger partial charge in [0.15, 0.2) is 11.5 Å². The largest absolute Gasteiger partial charge is 0.493 e. The highest BCUT2D eigenvalue weighted by atomic mass is 16.5. The van der Waals surface area contributed by atoms with E-state index in [1.807, 2.05) is 48.5 Å². The number of amides is 1. The van der Waals surface area contributed by atoms with Crippen molar-refractivity contribution in [3.05, 3.63) is 78.0 Å². The second-order valence-corrected chi connectivity index (χ2v) is 5.80. The van der Waals surface area contributed by atoms with Crippen LogP contribution in [-0.2, 0) is 6.54 Å². The van der Waals surface area contributed by atoms with Gasteiger partial charge in [0.1, 0.15) is 5.82 Å². The van der Waals surface area contributed by atoms with Gasteiger partial charge in [-0.05, 0) is 42.0 Å². The molecule has 2 aromatic carbocycles. The van der Waals surface area contributed by atoms with Crippen LogP contribution < -0.4 is 20.1 Å². The molecule has 0 aliphatic heterocycles. The highest BCUT2D eigenvalue weighted by Gasteiger charge is 2.07. The van der Waals surface area contributed by atoms with E-state index in [-0.39, 0.29) is 5.91 Å². The first-order valence-electron chi connectivity index (χ1n) is 8.47. The number of nitrogens with one attached hydrogen (secondary N) is 2. The third-order valence-electron chi connectivity index (χ3n) is 3.98. The Morgan fingerprint density at radius 1 is 0.963 bits per heavy atom. The molecule has 0 aliphatic carbocycles. The molecule has 1 amide bonds. The number of methoxy groups -OCH3 is 2. The highest BCUT2D eigenvalue weighted by molar-refractivity contribution is 6.04. The molecule has 1 aromatic heterocycles. The molecule has 1 heterocycles. The second kappa shape index (κ2) is 8.71. The van der Waals surface area contributed by atoms with Crippen molar-refractivity contribution in [1.29, 1.82) is 0 Å². The van der Waals surface area contributed by atoms with E-state index in [4.69, 9.17) is 9.47 Å². The van der Waals surface area contributed by atoms with Crippen LogP contribution in [0.1, 0.15) is 15.9 Å². The van der Waals surface area contributed by atoms with Crippen LogP contribution in [0.3, 0.4) is 0 Å². The number of hydrogen-bond donors (Lipinski definition) is 2. The number of rotatable bonds is 7. The van der Waals surface area contributed by atoms with Gasteiger partial charge in [0.2, 0.25) is 0 Å². The van der Waals surface area contributed by atoms with Crippen LogP contribution >= 0.6 is 0 Å². The quantitative estimate of drug-likeness (QED) is 0.665. The number of aromatic nitrogens is 1. The number of carbonyl (C=O) groups excluding carboxylic acids is 1. The summed E-state index contributed by atoms with van der Waals surface area (Å²) in [5, 5.41) is 6.06. The maximum absolute atomic E-state index is 12.2. The third kappa shape index (κ3) is 4.76. The van der Waals surface area contributed by atoms with Crippen LogP contribution in [0.2, 0.25) is 0 Å². The van der Waals surface area contributed by atoms with Crippen molar-refractivity contribution in [2.75, 3.05) is 24.9 Å². The number of pyridine rings is 1. The van der Waals surface area contributed by atoms with E-state index in [0.717, 1.165) is 11.3 Å². The minimum Gasteiger partial charge on any atom is -0.493 e. The maximum Gasteiger partial charge on any atom is 0.257 e. The van der Waals surface area contributed by atoms with Crippen LogP contribution in [0.4, 0.5) is 11.5 Å². The van der Waals surface area contributed by atoms with Crippen molar-refractivity contribution in [3.63, 3.8) is 0 Å². The standard InChI is InChI=1S/C21H21N3O3/c1-26-18-10-8-15(12-19(18)27-2)13-22-20-11-9-16(14-23-20)21(25)24-17-6-4-3-5-7-17/h3-12,14H,13H2,1-2H3,(H,22,23)(H,24,25). The number of nitrogens with zero attached hydrogens (tertiary/aromatic N) is 1. The summed E-state index contributed by atoms with van der Waals surface area (Å²) in [6, 6.07) is 18.6. The Morgan fingerprint density at radius 2 is 1.74 bits per heavy atom. The number of benzene rings is 2. The average molecular weight is 363 g/mol. The molecule has 6 nitrogen and oxygen atoms in total. The minimum absolute atomic E-state index is 0.194. The van der Waals surface area contributed by atoms with Crippen molar-refractivity contribution in [3.8, 4) is 11.5 Å². The molecule has 0 bridgehead atoms. The zero-order valence-corrected chi connectivity index (χ0v) is 15.2. The zero-order valence-electron chi connectivity index (χ0n) is 15.2. The molecular weight excluding hydrogens is 342 g/mol. The first kappa shape index (κ1) is 18.3. The van der Waals surface area contributed by atoms with E-state index in [1.165, 1.54) is 0 Å². The predicted molar refractivity (Wildman–Crippen MR) is 106 cm³/mol. The van der Waals surface area contributed by atoms with E-state index in [2.05, 4.69) is 15.6 Å². The molecule has 0 atom stereocenters. The lowest BCUT2D eigenvalue weighted by Crippen LogP contribution is -2.12. The van der Waals surface area contributed by atoms with Crippen LogP contribution in [0.25, 0.3) is 0 Å². The summed E-state index contributed by atoms with van der Waals surface area (Å²) >= 11 is 0. The Morgan fingerprint density at radius 3 is 2.41 bits per heavy atom. The molecule has 0 fully saturated rings. The van der Waals surface area contributed by atoms with Crippen LogP contribution in [0.5, 0.6) is 11.5 Å². The van der Waals surface area contributed by atoms with Gasteiger partial charge in [0.25, 0.3) is 5.91 Å². The van der Waals surface area contributed by atoms with Gasteiger partial charge in [-0.3, -0.25) is 4.79 Å². The van der Waals surface area contributed by atoms with Gasteiger partial charge in [0, 0.05) is 18.4 Å². The molecule has 0 unspecified atom stereocenters. The lowest BCUT2D eigenvalue weighted by atomic mass is 10.2. The fraction of sp³-hybridized carbons (Fsp3) is 0.143. The van der Waals surface area contributed by atoms with Gasteiger partial charge in [0.05, 0.1) is 19.8 Å². The summed E-state index contributed by atoms with van der Waals surface area (Å²) in [4.78, 5) is 16.5. The Bertz CT molecular complexity index is 896. The zero-order chi connectivity index (χ0) is 19.1. The molecule has 3 aromatic rings. The summed E-state index contributed by atoms with van der Waals surface area (Å²) in [6.07, 6.45) is 1.55. The second-order valence-electron chi connectivity index (χ2n) is 5.80. The van der Waals surface area contributed by atoms with Crippen molar-refractivity contribution in [2.24, 2.45) is 0 Å². The van der Waals surface area contributed by atoms with E-state index >= 15 is 0 Å². The fourth-order valence-electron chi connectivity index (χ4n) is 2.54. The lowest BCUT2D eigenvalue weighted by Gasteiger charge is -2.11. The third-order valence-corrected chi connectivity index (χ3v) is 3.98. The number of para-hydroxylation sites is 1. The first-order valence-corrected chi connectivity index (χ1v) is 8.47. The Kier molecular flexibility index (Phi) is 5.89. The predicted octanol–water partition coefficient (Wildman–Crippen LogP) is 3.96. The molecule has 0 saturated heterocycles. The van der Waals surface area contributed by atoms with Crippen LogP contribution in [-0.4, -0.2) is 25.1 Å². The van der Waals surface area contributed by atoms with Gasteiger partial charge in [-0.15, -0.1) is 0 Å². The van der Waals surface area contributed by atoms with Gasteiger partial charge in [-0.2, -0.15) is 0 Å². The molecule has 3 rings (SSSR count). The molecule has 138 valence electrons.